The molecule has 0 saturated carbocycles. The molecule has 1 aromatic heterocycles. The van der Waals surface area contributed by atoms with Gasteiger partial charge in [-0.25, -0.2) is 13.1 Å². The molecular weight excluding hydrogens is 396 g/mol. The van der Waals surface area contributed by atoms with Crippen LogP contribution in [-0.2, 0) is 16.6 Å². The Balaban J connectivity index is 1.58. The zero-order valence-corrected chi connectivity index (χ0v) is 18.0. The SMILES string of the molecule is COc1ccc(-n2c(C)cc(CNS(=O)(=O)c3ccc4ccccc4c3)c2C)cc1. The maximum absolute atomic E-state index is 12.9. The maximum Gasteiger partial charge on any atom is 0.240 e. The lowest BCUT2D eigenvalue weighted by Crippen LogP contribution is -2.23. The second kappa shape index (κ2) is 7.97. The van der Waals surface area contributed by atoms with Gasteiger partial charge < -0.3 is 9.30 Å². The van der Waals surface area contributed by atoms with Gasteiger partial charge >= 0.3 is 0 Å². The van der Waals surface area contributed by atoms with Crippen LogP contribution in [0.15, 0.2) is 77.7 Å². The van der Waals surface area contributed by atoms with Crippen LogP contribution in [0.4, 0.5) is 0 Å². The van der Waals surface area contributed by atoms with Crippen LogP contribution in [0.5, 0.6) is 5.75 Å². The Morgan fingerprint density at radius 1 is 0.900 bits per heavy atom. The number of aryl methyl sites for hydroxylation is 1. The van der Waals surface area contributed by atoms with E-state index >= 15 is 0 Å². The summed E-state index contributed by atoms with van der Waals surface area (Å²) < 4.78 is 35.8. The molecule has 4 rings (SSSR count). The highest BCUT2D eigenvalue weighted by Crippen LogP contribution is 2.24. The summed E-state index contributed by atoms with van der Waals surface area (Å²) in [6.45, 7) is 4.24. The third kappa shape index (κ3) is 3.84. The Morgan fingerprint density at radius 2 is 1.60 bits per heavy atom. The zero-order chi connectivity index (χ0) is 21.3. The van der Waals surface area contributed by atoms with E-state index in [1.807, 2.05) is 74.5 Å². The Morgan fingerprint density at radius 3 is 2.30 bits per heavy atom. The Hall–Kier alpha value is -3.09. The van der Waals surface area contributed by atoms with E-state index in [1.54, 1.807) is 19.2 Å². The molecule has 30 heavy (non-hydrogen) atoms. The predicted octanol–water partition coefficient (Wildman–Crippen LogP) is 4.73. The standard InChI is InChI=1S/C24H24N2O3S/c1-17-14-21(18(2)26(17)22-9-11-23(29-3)12-10-22)16-25-30(27,28)24-13-8-19-6-4-5-7-20(19)15-24/h4-15,25H,16H2,1-3H3. The minimum absolute atomic E-state index is 0.227. The van der Waals surface area contributed by atoms with Crippen LogP contribution in [0.1, 0.15) is 17.0 Å². The molecule has 3 aromatic carbocycles. The van der Waals surface area contributed by atoms with E-state index in [2.05, 4.69) is 9.29 Å². The topological polar surface area (TPSA) is 60.3 Å². The highest BCUT2D eigenvalue weighted by Gasteiger charge is 2.17. The Kier molecular flexibility index (Phi) is 5.37. The molecule has 0 fully saturated rings. The lowest BCUT2D eigenvalue weighted by Gasteiger charge is -2.11. The molecule has 4 aromatic rings. The highest BCUT2D eigenvalue weighted by atomic mass is 32.2. The average Bonchev–Trinajstić information content (AvgIpc) is 3.05. The first-order chi connectivity index (χ1) is 14.4. The third-order valence-corrected chi connectivity index (χ3v) is 6.75. The number of benzene rings is 3. The molecule has 5 nitrogen and oxygen atoms in total. The van der Waals surface area contributed by atoms with Crippen molar-refractivity contribution in [3.8, 4) is 11.4 Å². The molecule has 154 valence electrons. The first-order valence-corrected chi connectivity index (χ1v) is 11.2. The minimum atomic E-state index is -3.62. The van der Waals surface area contributed by atoms with Crippen molar-refractivity contribution in [1.82, 2.24) is 9.29 Å². The fourth-order valence-electron chi connectivity index (χ4n) is 3.73. The fraction of sp³-hybridized carbons (Fsp3) is 0.167. The van der Waals surface area contributed by atoms with E-state index in [0.29, 0.717) is 0 Å². The summed E-state index contributed by atoms with van der Waals surface area (Å²) in [5.74, 6) is 0.796. The maximum atomic E-state index is 12.9. The Labute approximate surface area is 177 Å². The number of nitrogens with one attached hydrogen (secondary N) is 1. The van der Waals surface area contributed by atoms with Crippen LogP contribution in [0.3, 0.4) is 0 Å². The van der Waals surface area contributed by atoms with E-state index < -0.39 is 10.0 Å². The number of aromatic nitrogens is 1. The van der Waals surface area contributed by atoms with Gasteiger partial charge in [-0.3, -0.25) is 0 Å². The summed E-state index contributed by atoms with van der Waals surface area (Å²) in [4.78, 5) is 0.269. The summed E-state index contributed by atoms with van der Waals surface area (Å²) in [6.07, 6.45) is 0. The summed E-state index contributed by atoms with van der Waals surface area (Å²) in [5, 5.41) is 1.91. The molecule has 6 heteroatoms. The van der Waals surface area contributed by atoms with E-state index in [0.717, 1.165) is 39.2 Å². The van der Waals surface area contributed by atoms with Crippen molar-refractivity contribution in [2.75, 3.05) is 7.11 Å². The van der Waals surface area contributed by atoms with Gasteiger partial charge in [0.05, 0.1) is 12.0 Å². The van der Waals surface area contributed by atoms with Gasteiger partial charge in [0.15, 0.2) is 0 Å². The minimum Gasteiger partial charge on any atom is -0.497 e. The number of rotatable bonds is 6. The van der Waals surface area contributed by atoms with Crippen LogP contribution in [0.25, 0.3) is 16.5 Å². The average molecular weight is 421 g/mol. The molecule has 0 aliphatic heterocycles. The number of ether oxygens (including phenoxy) is 1. The van der Waals surface area contributed by atoms with Crippen molar-refractivity contribution in [3.05, 3.63) is 89.7 Å². The molecule has 0 aliphatic carbocycles. The summed E-state index contributed by atoms with van der Waals surface area (Å²) in [5.41, 5.74) is 3.98. The largest absolute Gasteiger partial charge is 0.497 e. The number of methoxy groups -OCH3 is 1. The van der Waals surface area contributed by atoms with Gasteiger partial charge in [0, 0.05) is 23.6 Å². The second-order valence-corrected chi connectivity index (χ2v) is 9.03. The summed E-state index contributed by atoms with van der Waals surface area (Å²) >= 11 is 0. The summed E-state index contributed by atoms with van der Waals surface area (Å²) in [7, 11) is -1.98. The van der Waals surface area contributed by atoms with Crippen LogP contribution in [-0.4, -0.2) is 20.1 Å². The number of nitrogens with zero attached hydrogens (tertiary/aromatic N) is 1. The van der Waals surface area contributed by atoms with Crippen LogP contribution in [0.2, 0.25) is 0 Å². The number of hydrogen-bond acceptors (Lipinski definition) is 3. The van der Waals surface area contributed by atoms with E-state index in [-0.39, 0.29) is 11.4 Å². The molecule has 0 amide bonds. The normalized spacial score (nSPS) is 11.7. The van der Waals surface area contributed by atoms with E-state index in [9.17, 15) is 8.42 Å². The molecule has 0 bridgehead atoms. The smallest absolute Gasteiger partial charge is 0.240 e. The molecular formula is C24H24N2O3S. The first-order valence-electron chi connectivity index (χ1n) is 9.70. The first kappa shape index (κ1) is 20.2. The van der Waals surface area contributed by atoms with Gasteiger partial charge in [0.2, 0.25) is 10.0 Å². The van der Waals surface area contributed by atoms with E-state index in [1.165, 1.54) is 0 Å². The van der Waals surface area contributed by atoms with E-state index in [4.69, 9.17) is 4.74 Å². The number of sulfonamides is 1. The molecule has 0 radical (unpaired) electrons. The molecule has 0 unspecified atom stereocenters. The Bertz CT molecular complexity index is 1310. The van der Waals surface area contributed by atoms with Gasteiger partial charge in [-0.2, -0.15) is 0 Å². The number of fused-ring (bicyclic) bond motifs is 1. The van der Waals surface area contributed by atoms with Gasteiger partial charge in [-0.05, 0) is 72.6 Å². The third-order valence-electron chi connectivity index (χ3n) is 5.35. The molecule has 0 atom stereocenters. The molecule has 1 N–H and O–H groups in total. The predicted molar refractivity (Wildman–Crippen MR) is 120 cm³/mol. The zero-order valence-electron chi connectivity index (χ0n) is 17.2. The second-order valence-electron chi connectivity index (χ2n) is 7.26. The van der Waals surface area contributed by atoms with Crippen molar-refractivity contribution >= 4 is 20.8 Å². The lowest BCUT2D eigenvalue weighted by molar-refractivity contribution is 0.414. The molecule has 0 aliphatic rings. The van der Waals surface area contributed by atoms with Crippen molar-refractivity contribution in [2.24, 2.45) is 0 Å². The van der Waals surface area contributed by atoms with Crippen LogP contribution < -0.4 is 9.46 Å². The van der Waals surface area contributed by atoms with Crippen molar-refractivity contribution < 1.29 is 13.2 Å². The van der Waals surface area contributed by atoms with Crippen LogP contribution in [0, 0.1) is 13.8 Å². The number of hydrogen-bond donors (Lipinski definition) is 1. The lowest BCUT2D eigenvalue weighted by atomic mass is 10.1. The quantitative estimate of drug-likeness (QED) is 0.490. The highest BCUT2D eigenvalue weighted by molar-refractivity contribution is 7.89. The fourth-order valence-corrected chi connectivity index (χ4v) is 4.77. The van der Waals surface area contributed by atoms with Crippen molar-refractivity contribution in [2.45, 2.75) is 25.3 Å². The monoisotopic (exact) mass is 420 g/mol. The van der Waals surface area contributed by atoms with Crippen LogP contribution >= 0.6 is 0 Å². The molecule has 0 saturated heterocycles. The summed E-state index contributed by atoms with van der Waals surface area (Å²) in [6, 6.07) is 22.7. The van der Waals surface area contributed by atoms with Crippen molar-refractivity contribution in [3.63, 3.8) is 0 Å². The van der Waals surface area contributed by atoms with Crippen molar-refractivity contribution in [1.29, 1.82) is 0 Å². The van der Waals surface area contributed by atoms with Gasteiger partial charge in [0.25, 0.3) is 0 Å². The molecule has 1 heterocycles. The van der Waals surface area contributed by atoms with Gasteiger partial charge in [-0.1, -0.05) is 30.3 Å². The molecule has 0 spiro atoms. The van der Waals surface area contributed by atoms with Gasteiger partial charge in [-0.15, -0.1) is 0 Å². The van der Waals surface area contributed by atoms with Gasteiger partial charge in [0.1, 0.15) is 5.75 Å².